The predicted octanol–water partition coefficient (Wildman–Crippen LogP) is 0.763. The highest BCUT2D eigenvalue weighted by atomic mass is 32.1. The lowest BCUT2D eigenvalue weighted by Gasteiger charge is -2.41. The molecule has 1 saturated heterocycles. The molecule has 4 N–H and O–H groups in total. The molecule has 1 aliphatic heterocycles. The molecule has 4 rings (SSSR count). The van der Waals surface area contributed by atoms with Gasteiger partial charge in [0.05, 0.1) is 36.3 Å². The van der Waals surface area contributed by atoms with Gasteiger partial charge >= 0.3 is 0 Å². The van der Waals surface area contributed by atoms with Gasteiger partial charge < -0.3 is 25.7 Å². The summed E-state index contributed by atoms with van der Waals surface area (Å²) in [5.41, 5.74) is 0.862. The number of aliphatic hydroxyl groups excluding tert-OH is 2. The highest BCUT2D eigenvalue weighted by molar-refractivity contribution is 7.80. The van der Waals surface area contributed by atoms with Crippen molar-refractivity contribution in [3.8, 4) is 12.3 Å². The molecule has 1 heterocycles. The number of hydrogen-bond donors (Lipinski definition) is 4. The largest absolute Gasteiger partial charge is 0.390 e. The van der Waals surface area contributed by atoms with Crippen LogP contribution in [0.25, 0.3) is 10.8 Å². The fourth-order valence-electron chi connectivity index (χ4n) is 4.31. The second kappa shape index (κ2) is 7.40. The van der Waals surface area contributed by atoms with Crippen LogP contribution in [0.3, 0.4) is 0 Å². The van der Waals surface area contributed by atoms with Crippen molar-refractivity contribution in [2.75, 3.05) is 11.4 Å². The predicted molar refractivity (Wildman–Crippen MR) is 112 cm³/mol. The van der Waals surface area contributed by atoms with Crippen LogP contribution in [0.15, 0.2) is 42.5 Å². The lowest BCUT2D eigenvalue weighted by Crippen LogP contribution is -2.61. The molecule has 0 spiro atoms. The van der Waals surface area contributed by atoms with Gasteiger partial charge in [-0.1, -0.05) is 42.3 Å². The molecule has 28 heavy (non-hydrogen) atoms. The number of terminal acetylenes is 1. The topological polar surface area (TPSA) is 84.8 Å². The van der Waals surface area contributed by atoms with Crippen LogP contribution < -0.4 is 15.5 Å². The maximum atomic E-state index is 12.8. The van der Waals surface area contributed by atoms with Gasteiger partial charge in [-0.2, -0.15) is 0 Å². The van der Waals surface area contributed by atoms with E-state index in [0.717, 1.165) is 16.5 Å². The van der Waals surface area contributed by atoms with Gasteiger partial charge in [0.2, 0.25) is 5.91 Å². The first-order valence-corrected chi connectivity index (χ1v) is 9.58. The molecule has 144 valence electrons. The monoisotopic (exact) mass is 395 g/mol. The third-order valence-electron chi connectivity index (χ3n) is 5.57. The SMILES string of the molecule is C#CCNC(=O)C1CC(O)C(O)C2NC(=S)N(c3cccc4ccccc34)C12. The Hall–Kier alpha value is -2.66. The van der Waals surface area contributed by atoms with E-state index in [2.05, 4.69) is 16.6 Å². The second-order valence-electron chi connectivity index (χ2n) is 7.16. The molecule has 6 nitrogen and oxygen atoms in total. The zero-order chi connectivity index (χ0) is 19.8. The van der Waals surface area contributed by atoms with Gasteiger partial charge in [0.25, 0.3) is 0 Å². The molecule has 0 aromatic heterocycles. The van der Waals surface area contributed by atoms with Gasteiger partial charge in [0.15, 0.2) is 5.11 Å². The molecule has 0 bridgehead atoms. The van der Waals surface area contributed by atoms with Gasteiger partial charge in [0.1, 0.15) is 6.10 Å². The number of rotatable bonds is 3. The molecule has 1 saturated carbocycles. The van der Waals surface area contributed by atoms with Crippen LogP contribution in [0, 0.1) is 18.3 Å². The maximum absolute atomic E-state index is 12.8. The third-order valence-corrected chi connectivity index (χ3v) is 5.89. The molecule has 7 heteroatoms. The van der Waals surface area contributed by atoms with Crippen molar-refractivity contribution in [1.29, 1.82) is 0 Å². The van der Waals surface area contributed by atoms with E-state index >= 15 is 0 Å². The Labute approximate surface area is 168 Å². The fourth-order valence-corrected chi connectivity index (χ4v) is 4.67. The number of carbonyl (C=O) groups excluding carboxylic acids is 1. The number of carbonyl (C=O) groups is 1. The van der Waals surface area contributed by atoms with E-state index in [1.165, 1.54) is 0 Å². The standard InChI is InChI=1S/C21H21N3O3S/c1-2-10-22-20(27)14-11-16(25)19(26)17-18(14)24(21(28)23-17)15-9-5-7-12-6-3-4-8-13(12)15/h1,3-9,14,16-19,25-26H,10-11H2,(H,22,27)(H,23,28). The van der Waals surface area contributed by atoms with E-state index in [0.29, 0.717) is 5.11 Å². The first kappa shape index (κ1) is 18.7. The highest BCUT2D eigenvalue weighted by Crippen LogP contribution is 2.39. The Morgan fingerprint density at radius 1 is 1.29 bits per heavy atom. The maximum Gasteiger partial charge on any atom is 0.226 e. The van der Waals surface area contributed by atoms with Crippen LogP contribution >= 0.6 is 12.2 Å². The number of hydrogen-bond acceptors (Lipinski definition) is 4. The minimum Gasteiger partial charge on any atom is -0.390 e. The molecule has 1 amide bonds. The Morgan fingerprint density at radius 3 is 2.82 bits per heavy atom. The summed E-state index contributed by atoms with van der Waals surface area (Å²) in [4.78, 5) is 14.7. The third kappa shape index (κ3) is 3.00. The molecule has 0 radical (unpaired) electrons. The van der Waals surface area contributed by atoms with Gasteiger partial charge in [-0.15, -0.1) is 6.42 Å². The molecule has 5 atom stereocenters. The average Bonchev–Trinajstić information content (AvgIpc) is 3.05. The number of amides is 1. The fraction of sp³-hybridized carbons (Fsp3) is 0.333. The van der Waals surface area contributed by atoms with Gasteiger partial charge in [0, 0.05) is 5.39 Å². The van der Waals surface area contributed by atoms with Crippen LogP contribution in [0.4, 0.5) is 5.69 Å². The lowest BCUT2D eigenvalue weighted by atomic mass is 9.77. The minimum atomic E-state index is -1.03. The first-order valence-electron chi connectivity index (χ1n) is 9.17. The number of thiocarbonyl (C=S) groups is 1. The van der Waals surface area contributed by atoms with E-state index < -0.39 is 30.2 Å². The van der Waals surface area contributed by atoms with Crippen molar-refractivity contribution in [2.24, 2.45) is 5.92 Å². The summed E-state index contributed by atoms with van der Waals surface area (Å²) in [6, 6.07) is 12.8. The summed E-state index contributed by atoms with van der Waals surface area (Å²) in [6.45, 7) is 0.109. The summed E-state index contributed by atoms with van der Waals surface area (Å²) in [5.74, 6) is 1.56. The van der Waals surface area contributed by atoms with Gasteiger partial charge in [-0.3, -0.25) is 4.79 Å². The number of benzene rings is 2. The number of anilines is 1. The highest BCUT2D eigenvalue weighted by Gasteiger charge is 2.54. The first-order chi connectivity index (χ1) is 13.5. The van der Waals surface area contributed by atoms with Crippen LogP contribution in [-0.4, -0.2) is 52.1 Å². The summed E-state index contributed by atoms with van der Waals surface area (Å²) in [7, 11) is 0. The van der Waals surface area contributed by atoms with Crippen molar-refractivity contribution in [1.82, 2.24) is 10.6 Å². The summed E-state index contributed by atoms with van der Waals surface area (Å²) < 4.78 is 0. The number of fused-ring (bicyclic) bond motifs is 2. The van der Waals surface area contributed by atoms with E-state index in [1.807, 2.05) is 47.4 Å². The molecule has 1 aliphatic carbocycles. The Kier molecular flexibility index (Phi) is 4.94. The minimum absolute atomic E-state index is 0.109. The van der Waals surface area contributed by atoms with Gasteiger partial charge in [-0.05, 0) is 30.1 Å². The summed E-state index contributed by atoms with van der Waals surface area (Å²) in [6.07, 6.45) is 3.35. The van der Waals surface area contributed by atoms with Crippen LogP contribution in [0.1, 0.15) is 6.42 Å². The van der Waals surface area contributed by atoms with Crippen molar-refractivity contribution < 1.29 is 15.0 Å². The zero-order valence-electron chi connectivity index (χ0n) is 15.1. The van der Waals surface area contributed by atoms with Crippen molar-refractivity contribution in [3.05, 3.63) is 42.5 Å². The Balaban J connectivity index is 1.79. The molecular weight excluding hydrogens is 374 g/mol. The van der Waals surface area contributed by atoms with E-state index in [9.17, 15) is 15.0 Å². The number of nitrogens with zero attached hydrogens (tertiary/aromatic N) is 1. The quantitative estimate of drug-likeness (QED) is 0.454. The molecule has 2 aliphatic rings. The van der Waals surface area contributed by atoms with Crippen LogP contribution in [0.2, 0.25) is 0 Å². The summed E-state index contributed by atoms with van der Waals surface area (Å²) >= 11 is 5.58. The molecular formula is C21H21N3O3S. The van der Waals surface area contributed by atoms with E-state index in [-0.39, 0.29) is 18.9 Å². The molecule has 2 aromatic rings. The van der Waals surface area contributed by atoms with Crippen molar-refractivity contribution in [3.63, 3.8) is 0 Å². The van der Waals surface area contributed by atoms with E-state index in [1.54, 1.807) is 0 Å². The number of aliphatic hydroxyl groups is 2. The Morgan fingerprint density at radius 2 is 2.04 bits per heavy atom. The van der Waals surface area contributed by atoms with E-state index in [4.69, 9.17) is 18.6 Å². The molecule has 2 fully saturated rings. The van der Waals surface area contributed by atoms with Crippen LogP contribution in [-0.2, 0) is 4.79 Å². The normalized spacial score (nSPS) is 29.1. The summed E-state index contributed by atoms with van der Waals surface area (Å²) in [5, 5.41) is 29.2. The number of nitrogens with one attached hydrogen (secondary N) is 2. The molecule has 5 unspecified atom stereocenters. The zero-order valence-corrected chi connectivity index (χ0v) is 15.9. The van der Waals surface area contributed by atoms with Crippen molar-refractivity contribution in [2.45, 2.75) is 30.7 Å². The average molecular weight is 395 g/mol. The van der Waals surface area contributed by atoms with Crippen molar-refractivity contribution >= 4 is 39.7 Å². The lowest BCUT2D eigenvalue weighted by molar-refractivity contribution is -0.130. The molecule has 2 aromatic carbocycles. The van der Waals surface area contributed by atoms with Crippen LogP contribution in [0.5, 0.6) is 0 Å². The smallest absolute Gasteiger partial charge is 0.226 e. The van der Waals surface area contributed by atoms with Gasteiger partial charge in [-0.25, -0.2) is 0 Å². The Bertz CT molecular complexity index is 968. The second-order valence-corrected chi connectivity index (χ2v) is 7.54.